The highest BCUT2D eigenvalue weighted by atomic mass is 16.5. The zero-order chi connectivity index (χ0) is 14.8. The lowest BCUT2D eigenvalue weighted by Crippen LogP contribution is -2.32. The summed E-state index contributed by atoms with van der Waals surface area (Å²) in [6.45, 7) is 4.17. The molecule has 1 aliphatic heterocycles. The molecular formula is C16H19N3O2. The molecule has 1 aromatic heterocycles. The van der Waals surface area contributed by atoms with Gasteiger partial charge in [0, 0.05) is 12.5 Å². The van der Waals surface area contributed by atoms with Crippen molar-refractivity contribution in [1.29, 1.82) is 0 Å². The van der Waals surface area contributed by atoms with Crippen molar-refractivity contribution in [3.8, 4) is 5.75 Å². The molecule has 1 amide bonds. The molecule has 110 valence electrons. The molecular weight excluding hydrogens is 266 g/mol. The van der Waals surface area contributed by atoms with Crippen LogP contribution in [0.5, 0.6) is 5.75 Å². The number of ether oxygens (including phenoxy) is 1. The number of hydrogen-bond acceptors (Lipinski definition) is 3. The average Bonchev–Trinajstić information content (AvgIpc) is 3.12. The van der Waals surface area contributed by atoms with Crippen molar-refractivity contribution in [3.05, 3.63) is 42.1 Å². The van der Waals surface area contributed by atoms with E-state index in [4.69, 9.17) is 4.74 Å². The van der Waals surface area contributed by atoms with E-state index in [1.165, 1.54) is 0 Å². The Kier molecular flexibility index (Phi) is 3.64. The molecule has 2 unspecified atom stereocenters. The highest BCUT2D eigenvalue weighted by Crippen LogP contribution is 2.28. The van der Waals surface area contributed by atoms with Gasteiger partial charge >= 0.3 is 0 Å². The zero-order valence-corrected chi connectivity index (χ0v) is 12.2. The Balaban J connectivity index is 1.70. The number of nitrogens with one attached hydrogen (secondary N) is 1. The van der Waals surface area contributed by atoms with Crippen LogP contribution in [0.4, 0.5) is 5.82 Å². The van der Waals surface area contributed by atoms with Crippen LogP contribution >= 0.6 is 0 Å². The summed E-state index contributed by atoms with van der Waals surface area (Å²) in [6, 6.07) is 9.82. The molecule has 0 saturated heterocycles. The summed E-state index contributed by atoms with van der Waals surface area (Å²) in [4.78, 5) is 12.4. The average molecular weight is 285 g/mol. The first-order valence-electron chi connectivity index (χ1n) is 7.28. The molecule has 0 spiro atoms. The SMILES string of the molecule is CCC(C)n1nccc1NC(=O)C1Cc2ccccc2O1. The van der Waals surface area contributed by atoms with Crippen molar-refractivity contribution in [1.82, 2.24) is 9.78 Å². The molecule has 0 fully saturated rings. The van der Waals surface area contributed by atoms with Gasteiger partial charge in [0.25, 0.3) is 5.91 Å². The van der Waals surface area contributed by atoms with E-state index in [0.717, 1.165) is 17.7 Å². The molecule has 1 N–H and O–H groups in total. The molecule has 5 nitrogen and oxygen atoms in total. The van der Waals surface area contributed by atoms with Crippen molar-refractivity contribution >= 4 is 11.7 Å². The smallest absolute Gasteiger partial charge is 0.266 e. The maximum Gasteiger partial charge on any atom is 0.266 e. The van der Waals surface area contributed by atoms with Crippen LogP contribution in [0, 0.1) is 0 Å². The highest BCUT2D eigenvalue weighted by molar-refractivity contribution is 5.94. The van der Waals surface area contributed by atoms with Gasteiger partial charge in [0.15, 0.2) is 6.10 Å². The summed E-state index contributed by atoms with van der Waals surface area (Å²) in [5.74, 6) is 1.39. The third kappa shape index (κ3) is 2.63. The lowest BCUT2D eigenvalue weighted by Gasteiger charge is -2.16. The van der Waals surface area contributed by atoms with E-state index >= 15 is 0 Å². The maximum atomic E-state index is 12.4. The number of anilines is 1. The predicted octanol–water partition coefficient (Wildman–Crippen LogP) is 2.80. The minimum Gasteiger partial charge on any atom is -0.480 e. The van der Waals surface area contributed by atoms with E-state index in [9.17, 15) is 4.79 Å². The third-order valence-electron chi connectivity index (χ3n) is 3.87. The van der Waals surface area contributed by atoms with Crippen LogP contribution in [0.1, 0.15) is 31.9 Å². The van der Waals surface area contributed by atoms with E-state index in [2.05, 4.69) is 24.3 Å². The van der Waals surface area contributed by atoms with Crippen LogP contribution < -0.4 is 10.1 Å². The number of para-hydroxylation sites is 1. The quantitative estimate of drug-likeness (QED) is 0.939. The van der Waals surface area contributed by atoms with Gasteiger partial charge in [-0.2, -0.15) is 5.10 Å². The van der Waals surface area contributed by atoms with Crippen LogP contribution in [0.15, 0.2) is 36.5 Å². The highest BCUT2D eigenvalue weighted by Gasteiger charge is 2.29. The first-order valence-corrected chi connectivity index (χ1v) is 7.28. The van der Waals surface area contributed by atoms with Crippen molar-refractivity contribution < 1.29 is 9.53 Å². The lowest BCUT2D eigenvalue weighted by atomic mass is 10.1. The second kappa shape index (κ2) is 5.60. The van der Waals surface area contributed by atoms with Gasteiger partial charge in [0.1, 0.15) is 11.6 Å². The monoisotopic (exact) mass is 285 g/mol. The van der Waals surface area contributed by atoms with Gasteiger partial charge < -0.3 is 10.1 Å². The first kappa shape index (κ1) is 13.7. The fourth-order valence-corrected chi connectivity index (χ4v) is 2.47. The van der Waals surface area contributed by atoms with E-state index < -0.39 is 6.10 Å². The van der Waals surface area contributed by atoms with Crippen LogP contribution in [-0.2, 0) is 11.2 Å². The number of nitrogens with zero attached hydrogens (tertiary/aromatic N) is 2. The van der Waals surface area contributed by atoms with E-state index in [-0.39, 0.29) is 11.9 Å². The number of carbonyl (C=O) groups is 1. The summed E-state index contributed by atoms with van der Waals surface area (Å²) in [5.41, 5.74) is 1.08. The Morgan fingerprint density at radius 2 is 2.29 bits per heavy atom. The molecule has 0 saturated carbocycles. The minimum absolute atomic E-state index is 0.128. The van der Waals surface area contributed by atoms with Crippen LogP contribution in [0.25, 0.3) is 0 Å². The Hall–Kier alpha value is -2.30. The Bertz CT molecular complexity index is 625. The van der Waals surface area contributed by atoms with E-state index in [1.54, 1.807) is 6.20 Å². The van der Waals surface area contributed by atoms with Crippen molar-refractivity contribution in [3.63, 3.8) is 0 Å². The maximum absolute atomic E-state index is 12.4. The van der Waals surface area contributed by atoms with Gasteiger partial charge in [-0.1, -0.05) is 25.1 Å². The Labute approximate surface area is 123 Å². The number of fused-ring (bicyclic) bond motifs is 1. The predicted molar refractivity (Wildman–Crippen MR) is 80.4 cm³/mol. The molecule has 0 aliphatic carbocycles. The molecule has 2 heterocycles. The molecule has 21 heavy (non-hydrogen) atoms. The Morgan fingerprint density at radius 3 is 3.05 bits per heavy atom. The number of aromatic nitrogens is 2. The van der Waals surface area contributed by atoms with Crippen LogP contribution in [0.3, 0.4) is 0 Å². The summed E-state index contributed by atoms with van der Waals surface area (Å²) >= 11 is 0. The number of carbonyl (C=O) groups excluding carboxylic acids is 1. The molecule has 1 aliphatic rings. The second-order valence-electron chi connectivity index (χ2n) is 5.33. The fourth-order valence-electron chi connectivity index (χ4n) is 2.47. The van der Waals surface area contributed by atoms with Crippen molar-refractivity contribution in [2.75, 3.05) is 5.32 Å². The van der Waals surface area contributed by atoms with Gasteiger partial charge in [-0.25, -0.2) is 4.68 Å². The van der Waals surface area contributed by atoms with Crippen molar-refractivity contribution in [2.24, 2.45) is 0 Å². The van der Waals surface area contributed by atoms with Gasteiger partial charge in [-0.05, 0) is 25.0 Å². The third-order valence-corrected chi connectivity index (χ3v) is 3.87. The normalized spacial score (nSPS) is 17.9. The fraction of sp³-hybridized carbons (Fsp3) is 0.375. The second-order valence-corrected chi connectivity index (χ2v) is 5.33. The standard InChI is InChI=1S/C16H19N3O2/c1-3-11(2)19-15(8-9-17-19)18-16(20)14-10-12-6-4-5-7-13(12)21-14/h4-9,11,14H,3,10H2,1-2H3,(H,18,20). The Morgan fingerprint density at radius 1 is 1.48 bits per heavy atom. The zero-order valence-electron chi connectivity index (χ0n) is 12.2. The first-order chi connectivity index (χ1) is 10.2. The molecule has 3 rings (SSSR count). The summed E-state index contributed by atoms with van der Waals surface area (Å²) in [7, 11) is 0. The molecule has 0 radical (unpaired) electrons. The molecule has 5 heteroatoms. The van der Waals surface area contributed by atoms with E-state index in [1.807, 2.05) is 35.0 Å². The van der Waals surface area contributed by atoms with Gasteiger partial charge in [-0.15, -0.1) is 0 Å². The number of hydrogen-bond donors (Lipinski definition) is 1. The van der Waals surface area contributed by atoms with Gasteiger partial charge in [-0.3, -0.25) is 4.79 Å². The topological polar surface area (TPSA) is 56.2 Å². The number of rotatable bonds is 4. The van der Waals surface area contributed by atoms with Gasteiger partial charge in [0.05, 0.1) is 12.2 Å². The summed E-state index contributed by atoms with van der Waals surface area (Å²) < 4.78 is 7.54. The largest absolute Gasteiger partial charge is 0.480 e. The van der Waals surface area contributed by atoms with Crippen molar-refractivity contribution in [2.45, 2.75) is 38.8 Å². The van der Waals surface area contributed by atoms with E-state index in [0.29, 0.717) is 12.2 Å². The molecule has 1 aromatic carbocycles. The minimum atomic E-state index is -0.470. The molecule has 0 bridgehead atoms. The summed E-state index contributed by atoms with van der Waals surface area (Å²) in [5, 5.41) is 7.19. The lowest BCUT2D eigenvalue weighted by molar-refractivity contribution is -0.122. The van der Waals surface area contributed by atoms with Gasteiger partial charge in [0.2, 0.25) is 0 Å². The van der Waals surface area contributed by atoms with Crippen LogP contribution in [-0.4, -0.2) is 21.8 Å². The number of amides is 1. The molecule has 2 atom stereocenters. The summed E-state index contributed by atoms with van der Waals surface area (Å²) in [6.07, 6.45) is 2.80. The molecule has 2 aromatic rings. The van der Waals surface area contributed by atoms with Crippen LogP contribution in [0.2, 0.25) is 0 Å². The number of benzene rings is 1.